The minimum Gasteiger partial charge on any atom is -0.315 e. The summed E-state index contributed by atoms with van der Waals surface area (Å²) < 4.78 is 11.1. The van der Waals surface area contributed by atoms with Gasteiger partial charge in [0.25, 0.3) is 5.84 Å². The molecule has 2 rings (SSSR count). The predicted molar refractivity (Wildman–Crippen MR) is 57.4 cm³/mol. The van der Waals surface area contributed by atoms with Crippen molar-refractivity contribution >= 4 is 28.9 Å². The van der Waals surface area contributed by atoms with Gasteiger partial charge in [0.15, 0.2) is 0 Å². The molecule has 1 heterocycles. The second kappa shape index (κ2) is 3.46. The van der Waals surface area contributed by atoms with Crippen molar-refractivity contribution in [3.63, 3.8) is 0 Å². The number of halogens is 1. The molecule has 0 radical (unpaired) electrons. The molecule has 2 nitrogen and oxygen atoms in total. The lowest BCUT2D eigenvalue weighted by Gasteiger charge is -2.37. The third-order valence-electron chi connectivity index (χ3n) is 3.09. The minimum atomic E-state index is -2.43. The van der Waals surface area contributed by atoms with Crippen LogP contribution in [0.1, 0.15) is 26.7 Å². The molecule has 0 aromatic carbocycles. The highest BCUT2D eigenvalue weighted by Crippen LogP contribution is 2.63. The van der Waals surface area contributed by atoms with E-state index >= 15 is 0 Å². The fourth-order valence-electron chi connectivity index (χ4n) is 2.52. The molecule has 1 saturated carbocycles. The van der Waals surface area contributed by atoms with Crippen LogP contribution in [0.5, 0.6) is 0 Å². The van der Waals surface area contributed by atoms with Crippen molar-refractivity contribution in [2.75, 3.05) is 0 Å². The molecule has 5 heteroatoms. The molecule has 2 fully saturated rings. The quantitative estimate of drug-likeness (QED) is 0.606. The molecular formula is C8H14ClO2PS. The molecule has 5 unspecified atom stereocenters. The fourth-order valence-corrected chi connectivity index (χ4v) is 5.10. The van der Waals surface area contributed by atoms with Crippen molar-refractivity contribution in [1.82, 2.24) is 0 Å². The Balaban J connectivity index is 2.18. The lowest BCUT2D eigenvalue weighted by Crippen LogP contribution is -2.35. The van der Waals surface area contributed by atoms with E-state index < -0.39 is 5.84 Å². The normalized spacial score (nSPS) is 56.2. The first-order valence-electron chi connectivity index (χ1n) is 4.66. The molecule has 0 spiro atoms. The van der Waals surface area contributed by atoms with Gasteiger partial charge in [-0.2, -0.15) is 0 Å². The van der Waals surface area contributed by atoms with Crippen molar-refractivity contribution in [2.24, 2.45) is 11.8 Å². The van der Waals surface area contributed by atoms with Gasteiger partial charge >= 0.3 is 0 Å². The molecule has 0 aromatic rings. The summed E-state index contributed by atoms with van der Waals surface area (Å²) in [6.45, 7) is 4.31. The number of rotatable bonds is 0. The zero-order valence-corrected chi connectivity index (χ0v) is 10.2. The van der Waals surface area contributed by atoms with Crippen LogP contribution in [0, 0.1) is 11.8 Å². The van der Waals surface area contributed by atoms with Crippen LogP contribution in [0.15, 0.2) is 0 Å². The Morgan fingerprint density at radius 1 is 1.31 bits per heavy atom. The van der Waals surface area contributed by atoms with Gasteiger partial charge in [-0.05, 0) is 48.7 Å². The van der Waals surface area contributed by atoms with Gasteiger partial charge in [0, 0.05) is 5.92 Å². The lowest BCUT2D eigenvalue weighted by atomic mass is 9.92. The average molecular weight is 241 g/mol. The number of hydrogen-bond donors (Lipinski definition) is 0. The molecule has 2 aliphatic rings. The molecular weight excluding hydrogens is 227 g/mol. The summed E-state index contributed by atoms with van der Waals surface area (Å²) in [5.74, 6) is -1.27. The molecule has 76 valence electrons. The van der Waals surface area contributed by atoms with E-state index in [2.05, 4.69) is 13.8 Å². The Morgan fingerprint density at radius 2 is 2.00 bits per heavy atom. The average Bonchev–Trinajstić information content (AvgIpc) is 2.28. The van der Waals surface area contributed by atoms with Crippen LogP contribution in [-0.2, 0) is 20.9 Å². The molecule has 0 bridgehead atoms. The maximum absolute atomic E-state index is 5.96. The summed E-state index contributed by atoms with van der Waals surface area (Å²) in [6.07, 6.45) is 2.71. The first kappa shape index (κ1) is 10.4. The Morgan fingerprint density at radius 3 is 2.69 bits per heavy atom. The van der Waals surface area contributed by atoms with Gasteiger partial charge in [-0.15, -0.1) is 0 Å². The van der Waals surface area contributed by atoms with E-state index in [0.29, 0.717) is 11.8 Å². The maximum atomic E-state index is 5.96. The minimum absolute atomic E-state index is 0.166. The number of fused-ring (bicyclic) bond motifs is 1. The van der Waals surface area contributed by atoms with Crippen molar-refractivity contribution in [1.29, 1.82) is 0 Å². The largest absolute Gasteiger partial charge is 0.315 e. The summed E-state index contributed by atoms with van der Waals surface area (Å²) in [5, 5.41) is 0. The predicted octanol–water partition coefficient (Wildman–Crippen LogP) is 3.30. The van der Waals surface area contributed by atoms with Crippen LogP contribution in [0.3, 0.4) is 0 Å². The second-order valence-corrected chi connectivity index (χ2v) is 8.68. The van der Waals surface area contributed by atoms with E-state index in [1.165, 1.54) is 6.42 Å². The standard InChI is InChI=1S/C8H14ClO2PS/c1-5-3-4-7-8(5)6(2)10-12(9,13)11-7/h5-8H,3-4H2,1-2H3. The van der Waals surface area contributed by atoms with Crippen molar-refractivity contribution in [2.45, 2.75) is 38.9 Å². The highest BCUT2D eigenvalue weighted by molar-refractivity contribution is 8.22. The van der Waals surface area contributed by atoms with Crippen molar-refractivity contribution < 1.29 is 9.05 Å². The van der Waals surface area contributed by atoms with E-state index in [1.54, 1.807) is 0 Å². The molecule has 5 atom stereocenters. The Hall–Kier alpha value is 0.860. The highest BCUT2D eigenvalue weighted by atomic mass is 35.7. The summed E-state index contributed by atoms with van der Waals surface area (Å²) in [7, 11) is 0. The summed E-state index contributed by atoms with van der Waals surface area (Å²) in [6, 6.07) is 0. The number of hydrogen-bond acceptors (Lipinski definition) is 3. The van der Waals surface area contributed by atoms with Gasteiger partial charge in [-0.25, -0.2) is 0 Å². The first-order valence-corrected chi connectivity index (χ1v) is 8.20. The van der Waals surface area contributed by atoms with Crippen LogP contribution in [0.4, 0.5) is 0 Å². The third-order valence-corrected chi connectivity index (χ3v) is 5.19. The van der Waals surface area contributed by atoms with Gasteiger partial charge in [-0.3, -0.25) is 0 Å². The Labute approximate surface area is 88.9 Å². The van der Waals surface area contributed by atoms with E-state index in [-0.39, 0.29) is 12.2 Å². The summed E-state index contributed by atoms with van der Waals surface area (Å²) in [5.41, 5.74) is 0. The molecule has 1 aliphatic carbocycles. The maximum Gasteiger partial charge on any atom is 0.282 e. The molecule has 1 aliphatic heterocycles. The van der Waals surface area contributed by atoms with Crippen LogP contribution < -0.4 is 0 Å². The monoisotopic (exact) mass is 240 g/mol. The van der Waals surface area contributed by atoms with E-state index in [9.17, 15) is 0 Å². The van der Waals surface area contributed by atoms with Crippen LogP contribution in [0.2, 0.25) is 0 Å². The van der Waals surface area contributed by atoms with Gasteiger partial charge < -0.3 is 9.05 Å². The smallest absolute Gasteiger partial charge is 0.282 e. The molecule has 0 amide bonds. The van der Waals surface area contributed by atoms with Crippen LogP contribution >= 0.6 is 17.1 Å². The summed E-state index contributed by atoms with van der Waals surface area (Å²) in [4.78, 5) is 0. The SMILES string of the molecule is CC1CCC2OP(=S)(Cl)OC(C)C12. The first-order chi connectivity index (χ1) is 5.99. The lowest BCUT2D eigenvalue weighted by molar-refractivity contribution is 0.00825. The van der Waals surface area contributed by atoms with Crippen LogP contribution in [-0.4, -0.2) is 12.2 Å². The van der Waals surface area contributed by atoms with Crippen molar-refractivity contribution in [3.05, 3.63) is 0 Å². The van der Waals surface area contributed by atoms with E-state index in [4.69, 9.17) is 32.1 Å². The van der Waals surface area contributed by atoms with Gasteiger partial charge in [0.1, 0.15) is 0 Å². The second-order valence-electron chi connectivity index (χ2n) is 4.02. The van der Waals surface area contributed by atoms with Gasteiger partial charge in [0.05, 0.1) is 12.2 Å². The third kappa shape index (κ3) is 1.95. The topological polar surface area (TPSA) is 18.5 Å². The Bertz CT molecular complexity index is 261. The highest BCUT2D eigenvalue weighted by Gasteiger charge is 2.46. The zero-order valence-electron chi connectivity index (χ0n) is 7.77. The van der Waals surface area contributed by atoms with Gasteiger partial charge in [0.2, 0.25) is 0 Å². The van der Waals surface area contributed by atoms with Gasteiger partial charge in [-0.1, -0.05) is 6.92 Å². The fraction of sp³-hybridized carbons (Fsp3) is 1.00. The van der Waals surface area contributed by atoms with Crippen LogP contribution in [0.25, 0.3) is 0 Å². The molecule has 1 saturated heterocycles. The molecule has 0 N–H and O–H groups in total. The van der Waals surface area contributed by atoms with Crippen molar-refractivity contribution in [3.8, 4) is 0 Å². The molecule has 13 heavy (non-hydrogen) atoms. The zero-order chi connectivity index (χ0) is 9.64. The van der Waals surface area contributed by atoms with E-state index in [0.717, 1.165) is 6.42 Å². The summed E-state index contributed by atoms with van der Waals surface area (Å²) >= 11 is 11.0. The molecule has 0 aromatic heterocycles. The Kier molecular flexibility index (Phi) is 2.76. The van der Waals surface area contributed by atoms with E-state index in [1.807, 2.05) is 0 Å².